The van der Waals surface area contributed by atoms with Gasteiger partial charge in [0.1, 0.15) is 5.69 Å². The Morgan fingerprint density at radius 1 is 1.30 bits per heavy atom. The second kappa shape index (κ2) is 6.28. The molecule has 2 aromatic heterocycles. The van der Waals surface area contributed by atoms with Crippen molar-refractivity contribution in [2.24, 2.45) is 10.9 Å². The smallest absolute Gasteiger partial charge is 0.270 e. The van der Waals surface area contributed by atoms with Crippen LogP contribution in [-0.2, 0) is 6.54 Å². The number of pyridine rings is 2. The van der Waals surface area contributed by atoms with Crippen molar-refractivity contribution < 1.29 is 10.0 Å². The maximum atomic E-state index is 11.9. The SMILES string of the molecule is NC(=NO)c1ccc(C(=O)NCc2ccncc2)nc1. The molecule has 0 aliphatic heterocycles. The Bertz CT molecular complexity index is 610. The summed E-state index contributed by atoms with van der Waals surface area (Å²) in [5.41, 5.74) is 7.06. The lowest BCUT2D eigenvalue weighted by Crippen LogP contribution is -2.24. The third-order valence-corrected chi connectivity index (χ3v) is 2.60. The van der Waals surface area contributed by atoms with Gasteiger partial charge in [0.25, 0.3) is 5.91 Å². The molecule has 2 aromatic rings. The first-order chi connectivity index (χ1) is 9.70. The predicted molar refractivity (Wildman–Crippen MR) is 72.2 cm³/mol. The molecule has 2 rings (SSSR count). The second-order valence-electron chi connectivity index (χ2n) is 3.96. The Balaban J connectivity index is 1.99. The van der Waals surface area contributed by atoms with Crippen LogP contribution in [0.3, 0.4) is 0 Å². The minimum absolute atomic E-state index is 0.0544. The molecule has 2 heterocycles. The molecule has 0 aliphatic rings. The largest absolute Gasteiger partial charge is 0.409 e. The number of amides is 1. The summed E-state index contributed by atoms with van der Waals surface area (Å²) in [4.78, 5) is 19.7. The van der Waals surface area contributed by atoms with E-state index in [1.807, 2.05) is 12.1 Å². The average Bonchev–Trinajstić information content (AvgIpc) is 2.53. The molecule has 7 heteroatoms. The Kier molecular flexibility index (Phi) is 4.23. The van der Waals surface area contributed by atoms with Crippen LogP contribution in [0.4, 0.5) is 0 Å². The van der Waals surface area contributed by atoms with Crippen LogP contribution in [0.25, 0.3) is 0 Å². The van der Waals surface area contributed by atoms with Gasteiger partial charge >= 0.3 is 0 Å². The normalized spacial score (nSPS) is 11.1. The van der Waals surface area contributed by atoms with Crippen LogP contribution in [-0.4, -0.2) is 26.9 Å². The van der Waals surface area contributed by atoms with Crippen LogP contribution >= 0.6 is 0 Å². The molecule has 0 aromatic carbocycles. The van der Waals surface area contributed by atoms with E-state index in [0.717, 1.165) is 5.56 Å². The van der Waals surface area contributed by atoms with Gasteiger partial charge in [0.05, 0.1) is 0 Å². The quantitative estimate of drug-likeness (QED) is 0.324. The molecule has 0 spiro atoms. The van der Waals surface area contributed by atoms with Crippen molar-refractivity contribution >= 4 is 11.7 Å². The summed E-state index contributed by atoms with van der Waals surface area (Å²) in [6, 6.07) is 6.70. The maximum absolute atomic E-state index is 11.9. The molecular weight excluding hydrogens is 258 g/mol. The highest BCUT2D eigenvalue weighted by molar-refractivity contribution is 5.98. The average molecular weight is 271 g/mol. The third kappa shape index (κ3) is 3.29. The van der Waals surface area contributed by atoms with E-state index >= 15 is 0 Å². The van der Waals surface area contributed by atoms with Crippen LogP contribution in [0.5, 0.6) is 0 Å². The second-order valence-corrected chi connectivity index (χ2v) is 3.96. The molecule has 0 bridgehead atoms. The summed E-state index contributed by atoms with van der Waals surface area (Å²) in [5, 5.41) is 14.1. The van der Waals surface area contributed by atoms with Crippen LogP contribution in [0, 0.1) is 0 Å². The molecular formula is C13H13N5O2. The lowest BCUT2D eigenvalue weighted by Gasteiger charge is -2.05. The summed E-state index contributed by atoms with van der Waals surface area (Å²) < 4.78 is 0. The van der Waals surface area contributed by atoms with Gasteiger partial charge in [-0.1, -0.05) is 5.16 Å². The fourth-order valence-electron chi connectivity index (χ4n) is 1.51. The molecule has 7 nitrogen and oxygen atoms in total. The summed E-state index contributed by atoms with van der Waals surface area (Å²) in [6.07, 6.45) is 4.69. The van der Waals surface area contributed by atoms with Gasteiger partial charge in [0, 0.05) is 30.7 Å². The number of nitrogens with zero attached hydrogens (tertiary/aromatic N) is 3. The van der Waals surface area contributed by atoms with Crippen LogP contribution in [0.2, 0.25) is 0 Å². The number of amidine groups is 1. The van der Waals surface area contributed by atoms with Crippen molar-refractivity contribution in [3.05, 3.63) is 59.7 Å². The van der Waals surface area contributed by atoms with Gasteiger partial charge in [-0.2, -0.15) is 0 Å². The topological polar surface area (TPSA) is 113 Å². The Hall–Kier alpha value is -2.96. The molecule has 0 unspecified atom stereocenters. The highest BCUT2D eigenvalue weighted by Crippen LogP contribution is 2.01. The van der Waals surface area contributed by atoms with Gasteiger partial charge < -0.3 is 16.3 Å². The predicted octanol–water partition coefficient (Wildman–Crippen LogP) is 0.501. The van der Waals surface area contributed by atoms with Crippen LogP contribution in [0.15, 0.2) is 48.0 Å². The van der Waals surface area contributed by atoms with Gasteiger partial charge in [-0.15, -0.1) is 0 Å². The zero-order valence-corrected chi connectivity index (χ0v) is 10.5. The number of oxime groups is 1. The fraction of sp³-hybridized carbons (Fsp3) is 0.0769. The van der Waals surface area contributed by atoms with Crippen LogP contribution < -0.4 is 11.1 Å². The summed E-state index contributed by atoms with van der Waals surface area (Å²) in [6.45, 7) is 0.394. The van der Waals surface area contributed by atoms with Crippen molar-refractivity contribution in [3.8, 4) is 0 Å². The first kappa shape index (κ1) is 13.5. The molecule has 0 saturated heterocycles. The van der Waals surface area contributed by atoms with E-state index in [0.29, 0.717) is 12.1 Å². The van der Waals surface area contributed by atoms with Gasteiger partial charge in [-0.05, 0) is 29.8 Å². The third-order valence-electron chi connectivity index (χ3n) is 2.60. The molecule has 4 N–H and O–H groups in total. The minimum atomic E-state index is -0.298. The van der Waals surface area contributed by atoms with Crippen molar-refractivity contribution in [1.82, 2.24) is 15.3 Å². The van der Waals surface area contributed by atoms with E-state index in [1.54, 1.807) is 18.5 Å². The van der Waals surface area contributed by atoms with E-state index in [-0.39, 0.29) is 17.4 Å². The van der Waals surface area contributed by atoms with Gasteiger partial charge in [0.15, 0.2) is 5.84 Å². The molecule has 102 valence electrons. The molecule has 0 fully saturated rings. The first-order valence-electron chi connectivity index (χ1n) is 5.82. The van der Waals surface area contributed by atoms with Crippen molar-refractivity contribution in [2.45, 2.75) is 6.54 Å². The zero-order valence-electron chi connectivity index (χ0n) is 10.5. The molecule has 1 amide bonds. The Morgan fingerprint density at radius 2 is 2.05 bits per heavy atom. The number of carbonyl (C=O) groups excluding carboxylic acids is 1. The highest BCUT2D eigenvalue weighted by Gasteiger charge is 2.08. The van der Waals surface area contributed by atoms with E-state index in [1.165, 1.54) is 12.3 Å². The molecule has 20 heavy (non-hydrogen) atoms. The van der Waals surface area contributed by atoms with E-state index in [4.69, 9.17) is 10.9 Å². The Morgan fingerprint density at radius 3 is 2.65 bits per heavy atom. The zero-order chi connectivity index (χ0) is 14.4. The monoisotopic (exact) mass is 271 g/mol. The van der Waals surface area contributed by atoms with E-state index < -0.39 is 0 Å². The summed E-state index contributed by atoms with van der Waals surface area (Å²) in [7, 11) is 0. The lowest BCUT2D eigenvalue weighted by molar-refractivity contribution is 0.0946. The number of hydrogen-bond donors (Lipinski definition) is 3. The van der Waals surface area contributed by atoms with Crippen molar-refractivity contribution in [3.63, 3.8) is 0 Å². The molecule has 0 saturated carbocycles. The number of carbonyl (C=O) groups is 1. The number of nitrogens with two attached hydrogens (primary N) is 1. The van der Waals surface area contributed by atoms with Gasteiger partial charge in [0.2, 0.25) is 0 Å². The number of hydrogen-bond acceptors (Lipinski definition) is 5. The molecule has 0 radical (unpaired) electrons. The molecule has 0 aliphatic carbocycles. The number of aromatic nitrogens is 2. The van der Waals surface area contributed by atoms with Gasteiger partial charge in [-0.3, -0.25) is 14.8 Å². The highest BCUT2D eigenvalue weighted by atomic mass is 16.4. The van der Waals surface area contributed by atoms with Gasteiger partial charge in [-0.25, -0.2) is 0 Å². The summed E-state index contributed by atoms with van der Waals surface area (Å²) in [5.74, 6) is -0.353. The van der Waals surface area contributed by atoms with Crippen molar-refractivity contribution in [2.75, 3.05) is 0 Å². The Labute approximate surface area is 115 Å². The standard InChI is InChI=1S/C13H13N5O2/c14-12(18-20)10-1-2-11(16-8-10)13(19)17-7-9-3-5-15-6-4-9/h1-6,8,20H,7H2,(H2,14,18)(H,17,19). The number of rotatable bonds is 4. The van der Waals surface area contributed by atoms with Crippen molar-refractivity contribution in [1.29, 1.82) is 0 Å². The summed E-state index contributed by atoms with van der Waals surface area (Å²) >= 11 is 0. The fourth-order valence-corrected chi connectivity index (χ4v) is 1.51. The van der Waals surface area contributed by atoms with Crippen LogP contribution in [0.1, 0.15) is 21.6 Å². The number of nitrogens with one attached hydrogen (secondary N) is 1. The lowest BCUT2D eigenvalue weighted by atomic mass is 10.2. The maximum Gasteiger partial charge on any atom is 0.270 e. The minimum Gasteiger partial charge on any atom is -0.409 e. The van der Waals surface area contributed by atoms with E-state index in [9.17, 15) is 4.79 Å². The first-order valence-corrected chi connectivity index (χ1v) is 5.82. The van der Waals surface area contributed by atoms with E-state index in [2.05, 4.69) is 20.4 Å². The molecule has 0 atom stereocenters.